The van der Waals surface area contributed by atoms with E-state index in [1.807, 2.05) is 0 Å². The number of aromatic nitrogens is 2. The highest BCUT2D eigenvalue weighted by Crippen LogP contribution is 2.20. The van der Waals surface area contributed by atoms with Crippen molar-refractivity contribution in [2.24, 2.45) is 0 Å². The van der Waals surface area contributed by atoms with Crippen molar-refractivity contribution in [2.45, 2.75) is 0 Å². The summed E-state index contributed by atoms with van der Waals surface area (Å²) < 4.78 is 13.7. The van der Waals surface area contributed by atoms with E-state index in [2.05, 4.69) is 20.6 Å². The van der Waals surface area contributed by atoms with Gasteiger partial charge in [-0.25, -0.2) is 14.4 Å². The van der Waals surface area contributed by atoms with Crippen LogP contribution < -0.4 is 10.6 Å². The standard InChI is InChI=1S/C17H14ClFN4O/c18-13-6-2-1-4-11(13)17(24)21-9-8-20-16-12-5-3-7-14(19)15(12)22-10-23-16/h1-7,10H,8-9H2,(H,21,24)(H,20,22,23). The first kappa shape index (κ1) is 16.1. The molecule has 0 aliphatic rings. The minimum absolute atomic E-state index is 0.249. The molecule has 0 aliphatic heterocycles. The minimum Gasteiger partial charge on any atom is -0.368 e. The number of hydrogen-bond donors (Lipinski definition) is 2. The summed E-state index contributed by atoms with van der Waals surface area (Å²) in [5.41, 5.74) is 0.684. The Morgan fingerprint density at radius 2 is 1.92 bits per heavy atom. The molecule has 0 saturated carbocycles. The van der Waals surface area contributed by atoms with E-state index in [1.54, 1.807) is 36.4 Å². The van der Waals surface area contributed by atoms with Crippen molar-refractivity contribution in [1.29, 1.82) is 0 Å². The second-order valence-electron chi connectivity index (χ2n) is 5.02. The zero-order chi connectivity index (χ0) is 16.9. The predicted octanol–water partition coefficient (Wildman–Crippen LogP) is 3.26. The molecular weight excluding hydrogens is 331 g/mol. The largest absolute Gasteiger partial charge is 0.368 e. The average molecular weight is 345 g/mol. The summed E-state index contributed by atoms with van der Waals surface area (Å²) in [7, 11) is 0. The highest BCUT2D eigenvalue weighted by molar-refractivity contribution is 6.33. The molecular formula is C17H14ClFN4O. The SMILES string of the molecule is O=C(NCCNc1ncnc2c(F)cccc12)c1ccccc1Cl. The Kier molecular flexibility index (Phi) is 4.86. The number of anilines is 1. The van der Waals surface area contributed by atoms with Crippen molar-refractivity contribution in [3.05, 3.63) is 65.2 Å². The molecule has 0 fully saturated rings. The third-order valence-corrected chi connectivity index (χ3v) is 3.77. The number of fused-ring (bicyclic) bond motifs is 1. The zero-order valence-electron chi connectivity index (χ0n) is 12.6. The van der Waals surface area contributed by atoms with Crippen LogP contribution in [-0.2, 0) is 0 Å². The number of benzene rings is 2. The Hall–Kier alpha value is -2.73. The van der Waals surface area contributed by atoms with E-state index in [9.17, 15) is 9.18 Å². The predicted molar refractivity (Wildman–Crippen MR) is 91.8 cm³/mol. The average Bonchev–Trinajstić information content (AvgIpc) is 2.59. The van der Waals surface area contributed by atoms with Crippen LogP contribution in [0.1, 0.15) is 10.4 Å². The van der Waals surface area contributed by atoms with Crippen LogP contribution in [0.3, 0.4) is 0 Å². The van der Waals surface area contributed by atoms with Gasteiger partial charge >= 0.3 is 0 Å². The lowest BCUT2D eigenvalue weighted by Gasteiger charge is -2.10. The smallest absolute Gasteiger partial charge is 0.252 e. The Labute approximate surface area is 142 Å². The number of nitrogens with one attached hydrogen (secondary N) is 2. The maximum absolute atomic E-state index is 13.7. The van der Waals surface area contributed by atoms with Crippen molar-refractivity contribution < 1.29 is 9.18 Å². The van der Waals surface area contributed by atoms with Crippen LogP contribution in [0.4, 0.5) is 10.2 Å². The topological polar surface area (TPSA) is 66.9 Å². The van der Waals surface area contributed by atoms with Crippen molar-refractivity contribution in [3.63, 3.8) is 0 Å². The fourth-order valence-electron chi connectivity index (χ4n) is 2.29. The summed E-state index contributed by atoms with van der Waals surface area (Å²) in [6.45, 7) is 0.795. The molecule has 1 aromatic heterocycles. The summed E-state index contributed by atoms with van der Waals surface area (Å²) >= 11 is 5.98. The zero-order valence-corrected chi connectivity index (χ0v) is 13.3. The molecule has 5 nitrogen and oxygen atoms in total. The Bertz CT molecular complexity index is 887. The van der Waals surface area contributed by atoms with Crippen LogP contribution in [-0.4, -0.2) is 29.0 Å². The van der Waals surface area contributed by atoms with E-state index in [4.69, 9.17) is 11.6 Å². The molecule has 0 spiro atoms. The maximum atomic E-state index is 13.7. The van der Waals surface area contributed by atoms with Crippen molar-refractivity contribution in [1.82, 2.24) is 15.3 Å². The molecule has 0 saturated heterocycles. The Morgan fingerprint density at radius 3 is 2.75 bits per heavy atom. The number of rotatable bonds is 5. The molecule has 0 unspecified atom stereocenters. The van der Waals surface area contributed by atoms with Crippen molar-refractivity contribution >= 4 is 34.2 Å². The van der Waals surface area contributed by atoms with E-state index >= 15 is 0 Å². The summed E-state index contributed by atoms with van der Waals surface area (Å²) in [4.78, 5) is 20.1. The number of halogens is 2. The van der Waals surface area contributed by atoms with Gasteiger partial charge in [-0.3, -0.25) is 4.79 Å². The van der Waals surface area contributed by atoms with Gasteiger partial charge in [0.05, 0.1) is 10.6 Å². The van der Waals surface area contributed by atoms with Gasteiger partial charge in [0.25, 0.3) is 5.91 Å². The second-order valence-corrected chi connectivity index (χ2v) is 5.43. The summed E-state index contributed by atoms with van der Waals surface area (Å²) in [5.74, 6) is -0.127. The molecule has 0 radical (unpaired) electrons. The summed E-state index contributed by atoms with van der Waals surface area (Å²) in [5, 5.41) is 6.83. The van der Waals surface area contributed by atoms with Crippen LogP contribution in [0, 0.1) is 5.82 Å². The van der Waals surface area contributed by atoms with Gasteiger partial charge in [-0.2, -0.15) is 0 Å². The third kappa shape index (κ3) is 3.44. The first-order valence-corrected chi connectivity index (χ1v) is 7.70. The second kappa shape index (κ2) is 7.23. The molecule has 1 heterocycles. The molecule has 0 atom stereocenters. The number of amides is 1. The molecule has 24 heavy (non-hydrogen) atoms. The van der Waals surface area contributed by atoms with Crippen LogP contribution in [0.25, 0.3) is 10.9 Å². The normalized spacial score (nSPS) is 10.6. The quantitative estimate of drug-likeness (QED) is 0.697. The molecule has 1 amide bonds. The van der Waals surface area contributed by atoms with Gasteiger partial charge in [0.2, 0.25) is 0 Å². The Balaban J connectivity index is 1.61. The van der Waals surface area contributed by atoms with Crippen LogP contribution >= 0.6 is 11.6 Å². The first-order valence-electron chi connectivity index (χ1n) is 7.32. The van der Waals surface area contributed by atoms with Crippen molar-refractivity contribution in [3.8, 4) is 0 Å². The highest BCUT2D eigenvalue weighted by Gasteiger charge is 2.09. The lowest BCUT2D eigenvalue weighted by Crippen LogP contribution is -2.29. The molecule has 2 aromatic carbocycles. The number of para-hydroxylation sites is 1. The van der Waals surface area contributed by atoms with Crippen LogP contribution in [0.15, 0.2) is 48.8 Å². The van der Waals surface area contributed by atoms with Gasteiger partial charge in [-0.15, -0.1) is 0 Å². The number of carbonyl (C=O) groups excluding carboxylic acids is 1. The minimum atomic E-state index is -0.398. The molecule has 0 bridgehead atoms. The fraction of sp³-hybridized carbons (Fsp3) is 0.118. The van der Waals surface area contributed by atoms with Crippen molar-refractivity contribution in [2.75, 3.05) is 18.4 Å². The molecule has 2 N–H and O–H groups in total. The molecule has 0 aliphatic carbocycles. The van der Waals surface area contributed by atoms with Gasteiger partial charge in [0, 0.05) is 18.5 Å². The lowest BCUT2D eigenvalue weighted by molar-refractivity contribution is 0.0955. The van der Waals surface area contributed by atoms with E-state index in [-0.39, 0.29) is 11.4 Å². The van der Waals surface area contributed by atoms with E-state index in [1.165, 1.54) is 12.4 Å². The van der Waals surface area contributed by atoms with E-state index in [0.717, 1.165) is 0 Å². The maximum Gasteiger partial charge on any atom is 0.252 e. The molecule has 7 heteroatoms. The highest BCUT2D eigenvalue weighted by atomic mass is 35.5. The van der Waals surface area contributed by atoms with Gasteiger partial charge in [-0.1, -0.05) is 29.8 Å². The van der Waals surface area contributed by atoms with E-state index in [0.29, 0.717) is 34.9 Å². The fourth-order valence-corrected chi connectivity index (χ4v) is 2.51. The monoisotopic (exact) mass is 344 g/mol. The third-order valence-electron chi connectivity index (χ3n) is 3.44. The molecule has 3 rings (SSSR count). The number of nitrogens with zero attached hydrogens (tertiary/aromatic N) is 2. The van der Waals surface area contributed by atoms with Gasteiger partial charge in [0.1, 0.15) is 23.5 Å². The Morgan fingerprint density at radius 1 is 1.08 bits per heavy atom. The molecule has 122 valence electrons. The first-order chi connectivity index (χ1) is 11.7. The number of carbonyl (C=O) groups is 1. The van der Waals surface area contributed by atoms with E-state index < -0.39 is 5.82 Å². The van der Waals surface area contributed by atoms with Gasteiger partial charge in [0.15, 0.2) is 0 Å². The molecule has 3 aromatic rings. The van der Waals surface area contributed by atoms with Gasteiger partial charge < -0.3 is 10.6 Å². The summed E-state index contributed by atoms with van der Waals surface area (Å²) in [6, 6.07) is 11.5. The lowest BCUT2D eigenvalue weighted by atomic mass is 10.2. The number of hydrogen-bond acceptors (Lipinski definition) is 4. The van der Waals surface area contributed by atoms with Gasteiger partial charge in [-0.05, 0) is 24.3 Å². The van der Waals surface area contributed by atoms with Crippen LogP contribution in [0.2, 0.25) is 5.02 Å². The summed E-state index contributed by atoms with van der Waals surface area (Å²) in [6.07, 6.45) is 1.30. The van der Waals surface area contributed by atoms with Crippen LogP contribution in [0.5, 0.6) is 0 Å².